The number of carbonyl (C=O) groups excluding carboxylic acids is 2. The zero-order chi connectivity index (χ0) is 10.6. The summed E-state index contributed by atoms with van der Waals surface area (Å²) in [5.74, 6) is -0.363. The number of hydrogen-bond acceptors (Lipinski definition) is 3. The van der Waals surface area contributed by atoms with Gasteiger partial charge in [0.05, 0.1) is 6.42 Å². The zero-order valence-corrected chi connectivity index (χ0v) is 8.23. The van der Waals surface area contributed by atoms with E-state index in [2.05, 4.69) is 4.98 Å². The Morgan fingerprint density at radius 3 is 2.36 bits per heavy atom. The van der Waals surface area contributed by atoms with Gasteiger partial charge in [-0.3, -0.25) is 14.6 Å². The van der Waals surface area contributed by atoms with Crippen LogP contribution in [0.2, 0.25) is 0 Å². The summed E-state index contributed by atoms with van der Waals surface area (Å²) in [6.07, 6.45) is 2.98. The normalized spacial score (nSPS) is 9.57. The average molecular weight is 192 g/mol. The molecule has 1 amide bonds. The number of aromatic nitrogens is 1. The molecule has 4 nitrogen and oxygen atoms in total. The van der Waals surface area contributed by atoms with E-state index in [4.69, 9.17) is 0 Å². The molecule has 0 saturated carbocycles. The number of Topliss-reactive ketones (excluding diaryl/α,β-unsaturated/α-hetero) is 1. The average Bonchev–Trinajstić information content (AvgIpc) is 2.19. The van der Waals surface area contributed by atoms with E-state index < -0.39 is 0 Å². The van der Waals surface area contributed by atoms with Gasteiger partial charge in [-0.05, 0) is 12.1 Å². The SMILES string of the molecule is CN(C)C(=O)CC(=O)c1ccncc1. The van der Waals surface area contributed by atoms with Gasteiger partial charge in [0.25, 0.3) is 0 Å². The van der Waals surface area contributed by atoms with Gasteiger partial charge in [-0.15, -0.1) is 0 Å². The molecular formula is C10H12N2O2. The molecule has 1 aromatic rings. The molecule has 0 atom stereocenters. The lowest BCUT2D eigenvalue weighted by atomic mass is 10.1. The van der Waals surface area contributed by atoms with Gasteiger partial charge in [0, 0.05) is 32.1 Å². The Bertz CT molecular complexity index is 333. The highest BCUT2D eigenvalue weighted by atomic mass is 16.2. The molecule has 0 radical (unpaired) electrons. The third-order valence-corrected chi connectivity index (χ3v) is 1.81. The lowest BCUT2D eigenvalue weighted by Gasteiger charge is -2.08. The van der Waals surface area contributed by atoms with Gasteiger partial charge in [-0.1, -0.05) is 0 Å². The van der Waals surface area contributed by atoms with E-state index in [1.54, 1.807) is 26.2 Å². The van der Waals surface area contributed by atoms with Crippen molar-refractivity contribution in [1.29, 1.82) is 0 Å². The molecule has 0 bridgehead atoms. The summed E-state index contributed by atoms with van der Waals surface area (Å²) in [5, 5.41) is 0. The summed E-state index contributed by atoms with van der Waals surface area (Å²) < 4.78 is 0. The molecular weight excluding hydrogens is 180 g/mol. The molecule has 74 valence electrons. The van der Waals surface area contributed by atoms with Crippen molar-refractivity contribution in [3.63, 3.8) is 0 Å². The van der Waals surface area contributed by atoms with E-state index >= 15 is 0 Å². The molecule has 0 spiro atoms. The Labute approximate surface area is 82.6 Å². The van der Waals surface area contributed by atoms with Crippen molar-refractivity contribution in [2.75, 3.05) is 14.1 Å². The third kappa shape index (κ3) is 2.65. The molecule has 14 heavy (non-hydrogen) atoms. The minimum absolute atomic E-state index is 0.0863. The molecule has 0 aliphatic rings. The molecule has 0 unspecified atom stereocenters. The Morgan fingerprint density at radius 1 is 1.29 bits per heavy atom. The van der Waals surface area contributed by atoms with Crippen LogP contribution in [-0.4, -0.2) is 35.7 Å². The van der Waals surface area contributed by atoms with Crippen LogP contribution in [0.5, 0.6) is 0 Å². The molecule has 1 aromatic heterocycles. The highest BCUT2D eigenvalue weighted by Gasteiger charge is 2.12. The fourth-order valence-electron chi connectivity index (χ4n) is 0.935. The number of carbonyl (C=O) groups is 2. The van der Waals surface area contributed by atoms with Gasteiger partial charge in [-0.25, -0.2) is 0 Å². The third-order valence-electron chi connectivity index (χ3n) is 1.81. The fourth-order valence-corrected chi connectivity index (χ4v) is 0.935. The summed E-state index contributed by atoms with van der Waals surface area (Å²) in [7, 11) is 3.25. The van der Waals surface area contributed by atoms with E-state index in [1.807, 2.05) is 0 Å². The van der Waals surface area contributed by atoms with Gasteiger partial charge in [0.15, 0.2) is 5.78 Å². The van der Waals surface area contributed by atoms with Gasteiger partial charge in [0.1, 0.15) is 0 Å². The summed E-state index contributed by atoms with van der Waals surface area (Å²) in [6.45, 7) is 0. The first kappa shape index (κ1) is 10.4. The van der Waals surface area contributed by atoms with E-state index in [9.17, 15) is 9.59 Å². The molecule has 1 rings (SSSR count). The number of nitrogens with zero attached hydrogens (tertiary/aromatic N) is 2. The van der Waals surface area contributed by atoms with Crippen LogP contribution in [0.1, 0.15) is 16.8 Å². The van der Waals surface area contributed by atoms with Crippen molar-refractivity contribution >= 4 is 11.7 Å². The first-order valence-electron chi connectivity index (χ1n) is 4.24. The fraction of sp³-hybridized carbons (Fsp3) is 0.300. The Kier molecular flexibility index (Phi) is 3.34. The predicted octanol–water partition coefficient (Wildman–Crippen LogP) is 0.743. The lowest BCUT2D eigenvalue weighted by molar-refractivity contribution is -0.127. The topological polar surface area (TPSA) is 50.3 Å². The van der Waals surface area contributed by atoms with Gasteiger partial charge in [0.2, 0.25) is 5.91 Å². The molecule has 0 saturated heterocycles. The van der Waals surface area contributed by atoms with Crippen LogP contribution in [0.25, 0.3) is 0 Å². The van der Waals surface area contributed by atoms with Crippen LogP contribution in [0.3, 0.4) is 0 Å². The summed E-state index contributed by atoms with van der Waals surface area (Å²) in [4.78, 5) is 27.9. The quantitative estimate of drug-likeness (QED) is 0.524. The number of ketones is 1. The first-order chi connectivity index (χ1) is 6.61. The highest BCUT2D eigenvalue weighted by molar-refractivity contribution is 6.07. The number of amides is 1. The number of pyridine rings is 1. The van der Waals surface area contributed by atoms with Crippen LogP contribution >= 0.6 is 0 Å². The molecule has 0 aromatic carbocycles. The van der Waals surface area contributed by atoms with E-state index in [1.165, 1.54) is 17.3 Å². The Hall–Kier alpha value is -1.71. The maximum absolute atomic E-state index is 11.5. The maximum atomic E-state index is 11.5. The van der Waals surface area contributed by atoms with E-state index in [0.29, 0.717) is 5.56 Å². The second kappa shape index (κ2) is 4.50. The van der Waals surface area contributed by atoms with Crippen molar-refractivity contribution in [1.82, 2.24) is 9.88 Å². The van der Waals surface area contributed by atoms with Gasteiger partial charge >= 0.3 is 0 Å². The minimum Gasteiger partial charge on any atom is -0.348 e. The molecule has 0 aliphatic heterocycles. The Balaban J connectivity index is 2.65. The minimum atomic E-state index is -0.188. The van der Waals surface area contributed by atoms with Gasteiger partial charge < -0.3 is 4.90 Å². The van der Waals surface area contributed by atoms with Crippen molar-refractivity contribution in [3.8, 4) is 0 Å². The van der Waals surface area contributed by atoms with Crippen LogP contribution in [0.4, 0.5) is 0 Å². The monoisotopic (exact) mass is 192 g/mol. The van der Waals surface area contributed by atoms with Crippen molar-refractivity contribution in [2.45, 2.75) is 6.42 Å². The highest BCUT2D eigenvalue weighted by Crippen LogP contribution is 2.02. The van der Waals surface area contributed by atoms with E-state index in [-0.39, 0.29) is 18.1 Å². The molecule has 0 N–H and O–H groups in total. The van der Waals surface area contributed by atoms with Crippen molar-refractivity contribution in [2.24, 2.45) is 0 Å². The van der Waals surface area contributed by atoms with Crippen LogP contribution < -0.4 is 0 Å². The molecule has 1 heterocycles. The second-order valence-electron chi connectivity index (χ2n) is 3.12. The van der Waals surface area contributed by atoms with Crippen LogP contribution in [-0.2, 0) is 4.79 Å². The smallest absolute Gasteiger partial charge is 0.229 e. The zero-order valence-electron chi connectivity index (χ0n) is 8.23. The van der Waals surface area contributed by atoms with Crippen molar-refractivity contribution < 1.29 is 9.59 Å². The van der Waals surface area contributed by atoms with Crippen LogP contribution in [0, 0.1) is 0 Å². The number of rotatable bonds is 3. The van der Waals surface area contributed by atoms with Crippen LogP contribution in [0.15, 0.2) is 24.5 Å². The standard InChI is InChI=1S/C10H12N2O2/c1-12(2)10(14)7-9(13)8-3-5-11-6-4-8/h3-6H,7H2,1-2H3. The van der Waals surface area contributed by atoms with Gasteiger partial charge in [-0.2, -0.15) is 0 Å². The molecule has 0 aliphatic carbocycles. The lowest BCUT2D eigenvalue weighted by Crippen LogP contribution is -2.24. The summed E-state index contributed by atoms with van der Waals surface area (Å²) in [5.41, 5.74) is 0.523. The predicted molar refractivity (Wildman–Crippen MR) is 51.9 cm³/mol. The Morgan fingerprint density at radius 2 is 1.86 bits per heavy atom. The second-order valence-corrected chi connectivity index (χ2v) is 3.12. The van der Waals surface area contributed by atoms with E-state index in [0.717, 1.165) is 0 Å². The largest absolute Gasteiger partial charge is 0.348 e. The first-order valence-corrected chi connectivity index (χ1v) is 4.24. The number of hydrogen-bond donors (Lipinski definition) is 0. The maximum Gasteiger partial charge on any atom is 0.229 e. The summed E-state index contributed by atoms with van der Waals surface area (Å²) in [6, 6.07) is 3.20. The molecule has 4 heteroatoms. The summed E-state index contributed by atoms with van der Waals surface area (Å²) >= 11 is 0. The molecule has 0 fully saturated rings. The van der Waals surface area contributed by atoms with Crippen molar-refractivity contribution in [3.05, 3.63) is 30.1 Å².